The first-order valence-corrected chi connectivity index (χ1v) is 4.31. The molecule has 0 amide bonds. The van der Waals surface area contributed by atoms with Crippen molar-refractivity contribution in [2.24, 2.45) is 4.99 Å². The van der Waals surface area contributed by atoms with Crippen LogP contribution in [0.3, 0.4) is 0 Å². The number of aromatic hydroxyl groups is 1. The summed E-state index contributed by atoms with van der Waals surface area (Å²) in [5.41, 5.74) is 0.720. The summed E-state index contributed by atoms with van der Waals surface area (Å²) in [4.78, 5) is 3.87. The Hall–Kier alpha value is -1.39. The molecular weight excluding hydrogens is 180 g/mol. The largest absolute Gasteiger partial charge is 0.621 e. The van der Waals surface area contributed by atoms with E-state index in [9.17, 15) is 10.3 Å². The molecule has 0 aliphatic carbocycles. The number of quaternary nitrogens is 1. The normalized spacial score (nSPS) is 25.6. The van der Waals surface area contributed by atoms with Crippen molar-refractivity contribution in [2.45, 2.75) is 0 Å². The first-order chi connectivity index (χ1) is 6.62. The van der Waals surface area contributed by atoms with Crippen molar-refractivity contribution in [1.29, 1.82) is 0 Å². The van der Waals surface area contributed by atoms with Crippen LogP contribution in [0.5, 0.6) is 5.75 Å². The Morgan fingerprint density at radius 1 is 1.50 bits per heavy atom. The van der Waals surface area contributed by atoms with Gasteiger partial charge in [0.15, 0.2) is 17.8 Å². The lowest BCUT2D eigenvalue weighted by atomic mass is 10.2. The van der Waals surface area contributed by atoms with Gasteiger partial charge in [-0.15, -0.1) is 0 Å². The number of benzene rings is 1. The molecule has 0 fully saturated rings. The van der Waals surface area contributed by atoms with Crippen LogP contribution in [-0.4, -0.2) is 24.5 Å². The number of hydroxylamine groups is 2. The van der Waals surface area contributed by atoms with Gasteiger partial charge in [-0.2, -0.15) is 0 Å². The maximum Gasteiger partial charge on any atom is 0.190 e. The van der Waals surface area contributed by atoms with Crippen molar-refractivity contribution in [3.8, 4) is 5.75 Å². The number of phenolic OH excluding ortho intramolecular Hbond substituents is 1. The van der Waals surface area contributed by atoms with E-state index in [1.165, 1.54) is 18.5 Å². The molecule has 1 heterocycles. The van der Waals surface area contributed by atoms with Crippen molar-refractivity contribution >= 4 is 12.0 Å². The molecule has 4 nitrogen and oxygen atoms in total. The summed E-state index contributed by atoms with van der Waals surface area (Å²) in [6, 6.07) is 4.46. The second kappa shape index (κ2) is 3.08. The number of hydrogen-bond acceptors (Lipinski definition) is 3. The smallest absolute Gasteiger partial charge is 0.190 e. The highest BCUT2D eigenvalue weighted by Crippen LogP contribution is 2.33. The van der Waals surface area contributed by atoms with Gasteiger partial charge in [-0.25, -0.2) is 4.99 Å². The van der Waals surface area contributed by atoms with Gasteiger partial charge in [0.2, 0.25) is 0 Å². The summed E-state index contributed by atoms with van der Waals surface area (Å²) in [6.07, 6.45) is 1.29. The SMILES string of the molecule is [CH]c1ccc(O)c([N+]2([O-])C=NCC2)c1. The molecule has 0 saturated carbocycles. The van der Waals surface area contributed by atoms with Crippen molar-refractivity contribution in [2.75, 3.05) is 13.1 Å². The first-order valence-electron chi connectivity index (χ1n) is 4.31. The third-order valence-corrected chi connectivity index (χ3v) is 2.24. The summed E-state index contributed by atoms with van der Waals surface area (Å²) in [7, 11) is 0. The average Bonchev–Trinajstić information content (AvgIpc) is 2.58. The van der Waals surface area contributed by atoms with Crippen molar-refractivity contribution in [3.63, 3.8) is 0 Å². The van der Waals surface area contributed by atoms with E-state index in [-0.39, 0.29) is 11.4 Å². The highest BCUT2D eigenvalue weighted by atomic mass is 16.5. The van der Waals surface area contributed by atoms with E-state index in [4.69, 9.17) is 6.92 Å². The van der Waals surface area contributed by atoms with Crippen LogP contribution in [0.25, 0.3) is 0 Å². The lowest BCUT2D eigenvalue weighted by molar-refractivity contribution is 0.457. The molecule has 1 aromatic rings. The molecule has 0 saturated heterocycles. The molecule has 4 heteroatoms. The van der Waals surface area contributed by atoms with Gasteiger partial charge in [0.1, 0.15) is 6.54 Å². The minimum Gasteiger partial charge on any atom is -0.621 e. The van der Waals surface area contributed by atoms with E-state index in [0.29, 0.717) is 18.7 Å². The van der Waals surface area contributed by atoms with Gasteiger partial charge in [0, 0.05) is 6.07 Å². The summed E-state index contributed by atoms with van der Waals surface area (Å²) >= 11 is 0. The Balaban J connectivity index is 2.49. The first kappa shape index (κ1) is 9.18. The van der Waals surface area contributed by atoms with Crippen molar-refractivity contribution < 1.29 is 5.11 Å². The lowest BCUT2D eigenvalue weighted by Crippen LogP contribution is -2.39. The van der Waals surface area contributed by atoms with Gasteiger partial charge >= 0.3 is 0 Å². The fourth-order valence-corrected chi connectivity index (χ4v) is 1.48. The molecule has 2 radical (unpaired) electrons. The zero-order valence-electron chi connectivity index (χ0n) is 7.55. The second-order valence-electron chi connectivity index (χ2n) is 3.29. The van der Waals surface area contributed by atoms with E-state index in [1.54, 1.807) is 6.07 Å². The summed E-state index contributed by atoms with van der Waals surface area (Å²) < 4.78 is -0.725. The zero-order chi connectivity index (χ0) is 10.2. The molecule has 1 aliphatic rings. The molecule has 1 unspecified atom stereocenters. The number of nitrogens with zero attached hydrogens (tertiary/aromatic N) is 2. The summed E-state index contributed by atoms with van der Waals surface area (Å²) in [6.45, 7) is 6.35. The predicted molar refractivity (Wildman–Crippen MR) is 54.9 cm³/mol. The lowest BCUT2D eigenvalue weighted by Gasteiger charge is -2.33. The molecule has 0 spiro atoms. The molecular formula is C10H10N2O2. The molecule has 14 heavy (non-hydrogen) atoms. The van der Waals surface area contributed by atoms with Crippen molar-refractivity contribution in [1.82, 2.24) is 4.65 Å². The van der Waals surface area contributed by atoms with Gasteiger partial charge in [-0.05, 0) is 18.6 Å². The molecule has 2 rings (SSSR count). The van der Waals surface area contributed by atoms with Crippen LogP contribution in [0.2, 0.25) is 0 Å². The van der Waals surface area contributed by atoms with E-state index >= 15 is 0 Å². The van der Waals surface area contributed by atoms with E-state index < -0.39 is 4.65 Å². The van der Waals surface area contributed by atoms with E-state index in [0.717, 1.165) is 0 Å². The van der Waals surface area contributed by atoms with E-state index in [2.05, 4.69) is 4.99 Å². The molecule has 1 aliphatic heterocycles. The molecule has 0 aromatic heterocycles. The van der Waals surface area contributed by atoms with Gasteiger partial charge in [-0.1, -0.05) is 6.07 Å². The summed E-state index contributed by atoms with van der Waals surface area (Å²) in [5.74, 6) is -0.0393. The number of hydrogen-bond donors (Lipinski definition) is 1. The molecule has 72 valence electrons. The van der Waals surface area contributed by atoms with Gasteiger partial charge in [0.05, 0.1) is 6.54 Å². The second-order valence-corrected chi connectivity index (χ2v) is 3.29. The predicted octanol–water partition coefficient (Wildman–Crippen LogP) is 1.30. The highest BCUT2D eigenvalue weighted by molar-refractivity contribution is 5.79. The minimum absolute atomic E-state index is 0.0393. The monoisotopic (exact) mass is 190 g/mol. The minimum atomic E-state index is -0.725. The average molecular weight is 190 g/mol. The van der Waals surface area contributed by atoms with Crippen LogP contribution in [0, 0.1) is 12.1 Å². The molecule has 1 atom stereocenters. The van der Waals surface area contributed by atoms with Crippen LogP contribution in [0.15, 0.2) is 23.2 Å². The third kappa shape index (κ3) is 1.38. The quantitative estimate of drug-likeness (QED) is 0.536. The Morgan fingerprint density at radius 3 is 2.93 bits per heavy atom. The Kier molecular flexibility index (Phi) is 2.02. The fraction of sp³-hybridized carbons (Fsp3) is 0.200. The Morgan fingerprint density at radius 2 is 2.29 bits per heavy atom. The molecule has 0 bridgehead atoms. The fourth-order valence-electron chi connectivity index (χ4n) is 1.48. The van der Waals surface area contributed by atoms with Crippen LogP contribution < -0.4 is 4.65 Å². The maximum absolute atomic E-state index is 12.0. The maximum atomic E-state index is 12.0. The van der Waals surface area contributed by atoms with Crippen LogP contribution >= 0.6 is 0 Å². The summed E-state index contributed by atoms with van der Waals surface area (Å²) in [5, 5.41) is 21.6. The van der Waals surface area contributed by atoms with Gasteiger partial charge < -0.3 is 10.3 Å². The zero-order valence-corrected chi connectivity index (χ0v) is 7.55. The van der Waals surface area contributed by atoms with Crippen LogP contribution in [-0.2, 0) is 0 Å². The highest BCUT2D eigenvalue weighted by Gasteiger charge is 2.25. The van der Waals surface area contributed by atoms with Gasteiger partial charge in [0.25, 0.3) is 0 Å². The van der Waals surface area contributed by atoms with Crippen LogP contribution in [0.4, 0.5) is 5.69 Å². The molecule has 1 aromatic carbocycles. The number of phenols is 1. The topological polar surface area (TPSA) is 55.6 Å². The third-order valence-electron chi connectivity index (χ3n) is 2.24. The van der Waals surface area contributed by atoms with Crippen LogP contribution in [0.1, 0.15) is 5.56 Å². The molecule has 1 N–H and O–H groups in total. The number of rotatable bonds is 1. The Bertz CT molecular complexity index is 390. The number of aliphatic imine (C=N–C) groups is 1. The van der Waals surface area contributed by atoms with Gasteiger partial charge in [-0.3, -0.25) is 4.65 Å². The van der Waals surface area contributed by atoms with Crippen molar-refractivity contribution in [3.05, 3.63) is 35.9 Å². The Labute approximate surface area is 82.3 Å². The van der Waals surface area contributed by atoms with E-state index in [1.807, 2.05) is 0 Å². The standard InChI is InChI=1S/C10H10N2O2/c1-8-2-3-10(13)9(6-8)12(14)5-4-11-7-12/h1-3,6-7,13H,4-5H2.